The van der Waals surface area contributed by atoms with Crippen LogP contribution >= 0.6 is 11.3 Å². The molecule has 0 N–H and O–H groups in total. The van der Waals surface area contributed by atoms with Gasteiger partial charge in [0, 0.05) is 53.3 Å². The Kier molecular flexibility index (Phi) is 7.37. The van der Waals surface area contributed by atoms with Crippen molar-refractivity contribution in [3.63, 3.8) is 0 Å². The Labute approximate surface area is 338 Å². The lowest BCUT2D eigenvalue weighted by molar-refractivity contribution is 1.08. The third-order valence-corrected chi connectivity index (χ3v) is 12.7. The quantitative estimate of drug-likeness (QED) is 0.176. The maximum absolute atomic E-state index is 5.20. The van der Waals surface area contributed by atoms with Gasteiger partial charge in [0.15, 0.2) is 17.5 Å². The molecule has 4 nitrogen and oxygen atoms in total. The van der Waals surface area contributed by atoms with Crippen molar-refractivity contribution in [2.45, 2.75) is 0 Å². The SMILES string of the molecule is c1ccc(-n2c3ccccc3c3cc(-c4nc(-c5ccc(-c6ccc7c(c6)sc6c8ccccc8ccc76)cc5)nc(-c5cccc6ccccc56)n4)ccc32)cc1. The van der Waals surface area contributed by atoms with E-state index in [0.717, 1.165) is 55.1 Å². The first-order valence-electron chi connectivity index (χ1n) is 19.5. The Balaban J connectivity index is 0.990. The summed E-state index contributed by atoms with van der Waals surface area (Å²) in [5, 5.41) is 9.79. The van der Waals surface area contributed by atoms with Crippen LogP contribution in [-0.2, 0) is 0 Å². The van der Waals surface area contributed by atoms with E-state index in [1.54, 1.807) is 0 Å². The van der Waals surface area contributed by atoms with Gasteiger partial charge >= 0.3 is 0 Å². The molecule has 0 aliphatic heterocycles. The first-order chi connectivity index (χ1) is 28.7. The predicted molar refractivity (Wildman–Crippen MR) is 244 cm³/mol. The van der Waals surface area contributed by atoms with Crippen molar-refractivity contribution in [1.82, 2.24) is 19.5 Å². The van der Waals surface area contributed by atoms with Crippen LogP contribution in [-0.4, -0.2) is 19.5 Å². The summed E-state index contributed by atoms with van der Waals surface area (Å²) in [6.07, 6.45) is 0. The van der Waals surface area contributed by atoms with Crippen LogP contribution in [0.4, 0.5) is 0 Å². The summed E-state index contributed by atoms with van der Waals surface area (Å²) in [5.41, 5.74) is 8.61. The fourth-order valence-electron chi connectivity index (χ4n) is 8.64. The van der Waals surface area contributed by atoms with E-state index in [-0.39, 0.29) is 0 Å². The molecule has 0 bridgehead atoms. The van der Waals surface area contributed by atoms with Crippen molar-refractivity contribution < 1.29 is 0 Å². The van der Waals surface area contributed by atoms with Crippen molar-refractivity contribution >= 4 is 74.9 Å². The van der Waals surface area contributed by atoms with Crippen LogP contribution in [0.25, 0.3) is 115 Å². The number of hydrogen-bond acceptors (Lipinski definition) is 4. The average molecular weight is 757 g/mol. The van der Waals surface area contributed by atoms with Gasteiger partial charge in [-0.15, -0.1) is 11.3 Å². The van der Waals surface area contributed by atoms with Crippen LogP contribution < -0.4 is 0 Å². The van der Waals surface area contributed by atoms with Gasteiger partial charge in [0.05, 0.1) is 11.0 Å². The largest absolute Gasteiger partial charge is 0.309 e. The molecular formula is C53H32N4S. The highest BCUT2D eigenvalue weighted by molar-refractivity contribution is 7.26. The van der Waals surface area contributed by atoms with Crippen LogP contribution in [0.5, 0.6) is 0 Å². The fourth-order valence-corrected chi connectivity index (χ4v) is 9.92. The Morgan fingerprint density at radius 1 is 0.345 bits per heavy atom. The zero-order valence-corrected chi connectivity index (χ0v) is 32.0. The van der Waals surface area contributed by atoms with E-state index in [4.69, 9.17) is 15.0 Å². The second-order valence-corrected chi connectivity index (χ2v) is 15.9. The summed E-state index contributed by atoms with van der Waals surface area (Å²) >= 11 is 1.87. The van der Waals surface area contributed by atoms with Gasteiger partial charge in [-0.2, -0.15) is 0 Å². The molecule has 0 spiro atoms. The second kappa shape index (κ2) is 13.1. The third kappa shape index (κ3) is 5.25. The third-order valence-electron chi connectivity index (χ3n) is 11.5. The summed E-state index contributed by atoms with van der Waals surface area (Å²) in [6, 6.07) is 69.1. The molecule has 0 radical (unpaired) electrons. The average Bonchev–Trinajstić information content (AvgIpc) is 3.84. The number of para-hydroxylation sites is 2. The van der Waals surface area contributed by atoms with E-state index in [1.807, 2.05) is 11.3 Å². The number of rotatable bonds is 5. The van der Waals surface area contributed by atoms with Gasteiger partial charge in [-0.3, -0.25) is 0 Å². The summed E-state index contributed by atoms with van der Waals surface area (Å²) in [5.74, 6) is 1.92. The fraction of sp³-hybridized carbons (Fsp3) is 0. The van der Waals surface area contributed by atoms with E-state index < -0.39 is 0 Å². The highest BCUT2D eigenvalue weighted by atomic mass is 32.1. The van der Waals surface area contributed by atoms with Crippen molar-refractivity contribution in [2.24, 2.45) is 0 Å². The van der Waals surface area contributed by atoms with E-state index >= 15 is 0 Å². The van der Waals surface area contributed by atoms with Crippen LogP contribution in [0.3, 0.4) is 0 Å². The van der Waals surface area contributed by atoms with Crippen LogP contribution in [0.1, 0.15) is 0 Å². The first kappa shape index (κ1) is 32.7. The zero-order valence-electron chi connectivity index (χ0n) is 31.2. The summed E-state index contributed by atoms with van der Waals surface area (Å²) in [4.78, 5) is 15.6. The molecule has 3 heterocycles. The van der Waals surface area contributed by atoms with Crippen LogP contribution in [0, 0.1) is 0 Å². The Bertz CT molecular complexity index is 3560. The lowest BCUT2D eigenvalue weighted by Gasteiger charge is -2.11. The zero-order chi connectivity index (χ0) is 38.2. The number of nitrogens with zero attached hydrogens (tertiary/aromatic N) is 4. The number of aromatic nitrogens is 4. The first-order valence-corrected chi connectivity index (χ1v) is 20.3. The minimum Gasteiger partial charge on any atom is -0.309 e. The molecule has 12 rings (SSSR count). The van der Waals surface area contributed by atoms with Gasteiger partial charge < -0.3 is 4.57 Å². The molecule has 12 aromatic rings. The molecule has 0 saturated carbocycles. The highest BCUT2D eigenvalue weighted by Crippen LogP contribution is 2.41. The maximum atomic E-state index is 5.20. The summed E-state index contributed by atoms with van der Waals surface area (Å²) in [6.45, 7) is 0. The number of hydrogen-bond donors (Lipinski definition) is 0. The van der Waals surface area contributed by atoms with Gasteiger partial charge in [0.25, 0.3) is 0 Å². The molecule has 0 aliphatic rings. The van der Waals surface area contributed by atoms with Crippen molar-refractivity contribution in [1.29, 1.82) is 0 Å². The summed E-state index contributed by atoms with van der Waals surface area (Å²) in [7, 11) is 0. The van der Waals surface area contributed by atoms with Gasteiger partial charge in [0.1, 0.15) is 0 Å². The molecule has 0 atom stereocenters. The number of thiophene rings is 1. The van der Waals surface area contributed by atoms with E-state index in [1.165, 1.54) is 41.9 Å². The van der Waals surface area contributed by atoms with E-state index in [2.05, 4.69) is 199 Å². The normalized spacial score (nSPS) is 11.8. The molecule has 9 aromatic carbocycles. The molecule has 0 amide bonds. The molecule has 0 saturated heterocycles. The minimum atomic E-state index is 0.637. The van der Waals surface area contributed by atoms with E-state index in [9.17, 15) is 0 Å². The van der Waals surface area contributed by atoms with Gasteiger partial charge in [-0.25, -0.2) is 15.0 Å². The lowest BCUT2D eigenvalue weighted by atomic mass is 10.0. The van der Waals surface area contributed by atoms with E-state index in [0.29, 0.717) is 17.5 Å². The summed E-state index contributed by atoms with van der Waals surface area (Å²) < 4.78 is 4.96. The molecule has 0 fully saturated rings. The van der Waals surface area contributed by atoms with Crippen molar-refractivity contribution in [3.05, 3.63) is 194 Å². The lowest BCUT2D eigenvalue weighted by Crippen LogP contribution is -2.00. The Morgan fingerprint density at radius 2 is 0.948 bits per heavy atom. The second-order valence-electron chi connectivity index (χ2n) is 14.8. The van der Waals surface area contributed by atoms with Crippen LogP contribution in [0.15, 0.2) is 194 Å². The smallest absolute Gasteiger partial charge is 0.164 e. The maximum Gasteiger partial charge on any atom is 0.164 e. The molecule has 58 heavy (non-hydrogen) atoms. The van der Waals surface area contributed by atoms with Gasteiger partial charge in [-0.05, 0) is 75.1 Å². The highest BCUT2D eigenvalue weighted by Gasteiger charge is 2.18. The number of fused-ring (bicyclic) bond motifs is 9. The molecule has 5 heteroatoms. The van der Waals surface area contributed by atoms with Crippen LogP contribution in [0.2, 0.25) is 0 Å². The van der Waals surface area contributed by atoms with Gasteiger partial charge in [0.2, 0.25) is 0 Å². The predicted octanol–water partition coefficient (Wildman–Crippen LogP) is 14.3. The minimum absolute atomic E-state index is 0.637. The van der Waals surface area contributed by atoms with Crippen molar-refractivity contribution in [3.8, 4) is 51.0 Å². The monoisotopic (exact) mass is 756 g/mol. The topological polar surface area (TPSA) is 43.6 Å². The standard InChI is InChI=1S/C53H32N4S/c1-2-14-39(15-3-1)57-47-20-9-8-18-42(47)46-31-38(27-30-48(46)57)52-54-51(55-53(56-52)45-19-10-13-34-11-4-6-16-40(34)45)36-23-21-33(22-24-36)37-26-28-43-44-29-25-35-12-5-7-17-41(35)50(44)58-49(43)32-37/h1-32H. The molecule has 0 aliphatic carbocycles. The Hall–Kier alpha value is -7.47. The van der Waals surface area contributed by atoms with Crippen molar-refractivity contribution in [2.75, 3.05) is 0 Å². The number of benzene rings is 9. The Morgan fingerprint density at radius 3 is 1.79 bits per heavy atom. The molecular weight excluding hydrogens is 725 g/mol. The van der Waals surface area contributed by atoms with Gasteiger partial charge in [-0.1, -0.05) is 152 Å². The molecule has 270 valence electrons. The molecule has 3 aromatic heterocycles. The molecule has 0 unspecified atom stereocenters.